The Morgan fingerprint density at radius 1 is 1.00 bits per heavy atom. The van der Waals surface area contributed by atoms with Crippen LogP contribution in [0.15, 0.2) is 53.4 Å². The van der Waals surface area contributed by atoms with Gasteiger partial charge in [-0.15, -0.1) is 0 Å². The number of thiocarbonyl (C=S) groups is 1. The van der Waals surface area contributed by atoms with Crippen molar-refractivity contribution < 1.29 is 22.9 Å². The van der Waals surface area contributed by atoms with Gasteiger partial charge in [0.25, 0.3) is 10.1 Å². The molecule has 0 fully saturated rings. The molecule has 8 heteroatoms. The molecule has 1 atom stereocenters. The minimum Gasteiger partial charge on any atom is -0.478 e. The zero-order chi connectivity index (χ0) is 17.2. The number of aromatic carboxylic acids is 1. The molecule has 0 aliphatic rings. The first kappa shape index (κ1) is 17.6. The monoisotopic (exact) mass is 368 g/mol. The molecule has 0 saturated heterocycles. The van der Waals surface area contributed by atoms with Crippen molar-refractivity contribution in [1.29, 1.82) is 0 Å². The molecule has 0 bridgehead atoms. The van der Waals surface area contributed by atoms with Crippen LogP contribution in [0.3, 0.4) is 0 Å². The van der Waals surface area contributed by atoms with Gasteiger partial charge in [0.1, 0.15) is 0 Å². The van der Waals surface area contributed by atoms with Crippen LogP contribution in [0, 0.1) is 0 Å². The zero-order valence-corrected chi connectivity index (χ0v) is 14.1. The normalized spacial score (nSPS) is 12.6. The van der Waals surface area contributed by atoms with E-state index in [0.717, 1.165) is 0 Å². The first-order valence-corrected chi connectivity index (χ1v) is 8.69. The van der Waals surface area contributed by atoms with Gasteiger partial charge in [0.05, 0.1) is 15.7 Å². The summed E-state index contributed by atoms with van der Waals surface area (Å²) in [5.41, 5.74) is 1.47. The smallest absolute Gasteiger partial charge is 0.335 e. The number of rotatable bonds is 5. The highest BCUT2D eigenvalue weighted by molar-refractivity contribution is 7.86. The van der Waals surface area contributed by atoms with Crippen molar-refractivity contribution in [3.8, 4) is 0 Å². The Hall–Kier alpha value is -1.74. The summed E-state index contributed by atoms with van der Waals surface area (Å²) >= 11 is 9.78. The quantitative estimate of drug-likeness (QED) is 0.325. The maximum Gasteiger partial charge on any atom is 0.335 e. The van der Waals surface area contributed by atoms with Crippen LogP contribution < -0.4 is 0 Å². The standard InChI is InChI=1S/C15H12O5S3/c16-15(17)11-3-1-9(2-4-11)13(21)14(22)10-5-7-12(8-6-10)23(18,19)20/h1-8,14,22H,(H,16,17)(H,18,19,20). The molecule has 0 aliphatic carbocycles. The molecular formula is C15H12O5S3. The average Bonchev–Trinajstić information content (AvgIpc) is 2.53. The Bertz CT molecular complexity index is 840. The van der Waals surface area contributed by atoms with Gasteiger partial charge in [-0.05, 0) is 35.4 Å². The molecule has 0 radical (unpaired) electrons. The molecule has 0 amide bonds. The molecule has 1 unspecified atom stereocenters. The van der Waals surface area contributed by atoms with E-state index in [2.05, 4.69) is 12.6 Å². The molecule has 5 nitrogen and oxygen atoms in total. The molecular weight excluding hydrogens is 356 g/mol. The lowest BCUT2D eigenvalue weighted by Crippen LogP contribution is -2.07. The van der Waals surface area contributed by atoms with Crippen LogP contribution in [-0.4, -0.2) is 28.9 Å². The number of thiol groups is 1. The summed E-state index contributed by atoms with van der Waals surface area (Å²) < 4.78 is 31.0. The van der Waals surface area contributed by atoms with Crippen LogP contribution in [0.25, 0.3) is 0 Å². The molecule has 2 N–H and O–H groups in total. The van der Waals surface area contributed by atoms with Crippen molar-refractivity contribution >= 4 is 45.8 Å². The molecule has 2 aromatic rings. The fraction of sp³-hybridized carbons (Fsp3) is 0.0667. The first-order valence-electron chi connectivity index (χ1n) is 6.33. The Labute approximate surface area is 144 Å². The number of hydrogen-bond acceptors (Lipinski definition) is 5. The molecule has 0 heterocycles. The second-order valence-corrected chi connectivity index (χ2v) is 7.07. The van der Waals surface area contributed by atoms with E-state index in [1.165, 1.54) is 36.4 Å². The van der Waals surface area contributed by atoms with E-state index in [9.17, 15) is 13.2 Å². The predicted molar refractivity (Wildman–Crippen MR) is 93.1 cm³/mol. The average molecular weight is 368 g/mol. The lowest BCUT2D eigenvalue weighted by Gasteiger charge is -2.13. The van der Waals surface area contributed by atoms with E-state index in [-0.39, 0.29) is 10.5 Å². The third kappa shape index (κ3) is 4.17. The lowest BCUT2D eigenvalue weighted by molar-refractivity contribution is 0.0697. The third-order valence-corrected chi connectivity index (χ3v) is 5.23. The van der Waals surface area contributed by atoms with Crippen LogP contribution >= 0.6 is 24.8 Å². The number of benzene rings is 2. The van der Waals surface area contributed by atoms with Gasteiger partial charge in [0.2, 0.25) is 0 Å². The van der Waals surface area contributed by atoms with Gasteiger partial charge < -0.3 is 5.11 Å². The molecule has 120 valence electrons. The third-order valence-electron chi connectivity index (χ3n) is 3.16. The van der Waals surface area contributed by atoms with Crippen LogP contribution in [0.1, 0.15) is 26.7 Å². The van der Waals surface area contributed by atoms with Gasteiger partial charge in [-0.3, -0.25) is 4.55 Å². The topological polar surface area (TPSA) is 91.7 Å². The number of carboxylic acid groups (broad SMARTS) is 1. The Morgan fingerprint density at radius 3 is 1.91 bits per heavy atom. The van der Waals surface area contributed by atoms with Gasteiger partial charge in [0, 0.05) is 4.86 Å². The molecule has 0 aliphatic heterocycles. The summed E-state index contributed by atoms with van der Waals surface area (Å²) in [7, 11) is -4.24. The zero-order valence-electron chi connectivity index (χ0n) is 11.6. The van der Waals surface area contributed by atoms with Crippen LogP contribution in [0.2, 0.25) is 0 Å². The van der Waals surface area contributed by atoms with Crippen LogP contribution in [0.5, 0.6) is 0 Å². The maximum absolute atomic E-state index is 11.0. The van der Waals surface area contributed by atoms with E-state index in [1.54, 1.807) is 12.1 Å². The minimum atomic E-state index is -4.24. The summed E-state index contributed by atoms with van der Waals surface area (Å²) in [5, 5.41) is 8.40. The van der Waals surface area contributed by atoms with E-state index < -0.39 is 21.3 Å². The number of carbonyl (C=O) groups is 1. The van der Waals surface area contributed by atoms with Crippen molar-refractivity contribution in [2.45, 2.75) is 10.1 Å². The van der Waals surface area contributed by atoms with Crippen LogP contribution in [0.4, 0.5) is 0 Å². The minimum absolute atomic E-state index is 0.157. The highest BCUT2D eigenvalue weighted by Gasteiger charge is 2.16. The first-order chi connectivity index (χ1) is 10.7. The molecule has 0 aromatic heterocycles. The fourth-order valence-corrected chi connectivity index (χ4v) is 2.98. The highest BCUT2D eigenvalue weighted by atomic mass is 32.2. The molecule has 0 saturated carbocycles. The van der Waals surface area contributed by atoms with Crippen molar-refractivity contribution in [2.24, 2.45) is 0 Å². The molecule has 23 heavy (non-hydrogen) atoms. The van der Waals surface area contributed by atoms with E-state index in [0.29, 0.717) is 16.0 Å². The van der Waals surface area contributed by atoms with Crippen molar-refractivity contribution in [3.05, 3.63) is 65.2 Å². The van der Waals surface area contributed by atoms with E-state index in [4.69, 9.17) is 21.9 Å². The van der Waals surface area contributed by atoms with Crippen molar-refractivity contribution in [3.63, 3.8) is 0 Å². The second kappa shape index (κ2) is 6.79. The summed E-state index contributed by atoms with van der Waals surface area (Å²) in [6, 6.07) is 11.7. The van der Waals surface area contributed by atoms with E-state index in [1.807, 2.05) is 0 Å². The van der Waals surface area contributed by atoms with Gasteiger partial charge in [0.15, 0.2) is 0 Å². The fourth-order valence-electron chi connectivity index (χ4n) is 1.91. The summed E-state index contributed by atoms with van der Waals surface area (Å²) in [4.78, 5) is 11.1. The van der Waals surface area contributed by atoms with Gasteiger partial charge >= 0.3 is 5.97 Å². The van der Waals surface area contributed by atoms with Crippen LogP contribution in [-0.2, 0) is 10.1 Å². The number of hydrogen-bond donors (Lipinski definition) is 3. The predicted octanol–water partition coefficient (Wildman–Crippen LogP) is 3.02. The van der Waals surface area contributed by atoms with Gasteiger partial charge in [-0.1, -0.05) is 36.5 Å². The van der Waals surface area contributed by atoms with Gasteiger partial charge in [-0.25, -0.2) is 4.79 Å². The van der Waals surface area contributed by atoms with Crippen molar-refractivity contribution in [2.75, 3.05) is 0 Å². The summed E-state index contributed by atoms with van der Waals surface area (Å²) in [6.45, 7) is 0. The molecule has 2 aromatic carbocycles. The molecule has 0 spiro atoms. The Morgan fingerprint density at radius 2 is 1.48 bits per heavy atom. The van der Waals surface area contributed by atoms with E-state index >= 15 is 0 Å². The highest BCUT2D eigenvalue weighted by Crippen LogP contribution is 2.26. The largest absolute Gasteiger partial charge is 0.478 e. The molecule has 2 rings (SSSR count). The SMILES string of the molecule is O=C(O)c1ccc(C(=S)C(S)c2ccc(S(=O)(=O)O)cc2)cc1. The second-order valence-electron chi connectivity index (χ2n) is 4.69. The van der Waals surface area contributed by atoms with Crippen molar-refractivity contribution in [1.82, 2.24) is 0 Å². The summed E-state index contributed by atoms with van der Waals surface area (Å²) in [5.74, 6) is -1.02. The Balaban J connectivity index is 2.23. The maximum atomic E-state index is 11.0. The Kier molecular flexibility index (Phi) is 5.20. The summed E-state index contributed by atoms with van der Waals surface area (Å²) in [6.07, 6.45) is 0. The lowest BCUT2D eigenvalue weighted by atomic mass is 10.0. The number of carboxylic acids is 1. The van der Waals surface area contributed by atoms with Gasteiger partial charge in [-0.2, -0.15) is 21.0 Å².